The minimum absolute atomic E-state index is 0. The Morgan fingerprint density at radius 1 is 0.625 bits per heavy atom. The third-order valence-corrected chi connectivity index (χ3v) is 17.8. The number of hydrogen-bond acceptors (Lipinski definition) is 15. The SMILES string of the molecule is CCOC(=O)[C@@]12C[C@H]1/C=C\CCCCC[C@H](N)C(=O)N1C[C@H](OC(=O)N3CCc4ccccc4C3)C[C@H]1C(=O)N2.CCOC(=O)[C@@]12C[C@H]1/C=C\CCCCC[C@H](NC(=O)OC(C)(C)C)C(=O)N1C[C@H](OC(=O)N3CCc4ccccc4C3)C[C@H]1C(=O)N2.Cl. The van der Waals surface area contributed by atoms with Crippen LogP contribution in [0.25, 0.3) is 0 Å². The van der Waals surface area contributed by atoms with Crippen molar-refractivity contribution >= 4 is 66.3 Å². The monoisotopic (exact) mass is 1240 g/mol. The molecular formula is C65H89ClN8O14. The van der Waals surface area contributed by atoms with Gasteiger partial charge in [0.1, 0.15) is 47.0 Å². The van der Waals surface area contributed by atoms with Crippen molar-refractivity contribution in [1.29, 1.82) is 0 Å². The highest BCUT2D eigenvalue weighted by Crippen LogP contribution is 2.47. The fourth-order valence-corrected chi connectivity index (χ4v) is 12.9. The van der Waals surface area contributed by atoms with E-state index in [1.165, 1.54) is 20.9 Å². The molecule has 0 spiro atoms. The van der Waals surface area contributed by atoms with Crippen LogP contribution in [0, 0.1) is 11.8 Å². The standard InChI is InChI=1S/C35H48N4O8.C30H40N4O6.ClH/c1-5-45-31(42)35-20-25(35)15-9-7-6-8-10-16-27(36-32(43)47-34(2,3)4)30(41)39-22-26(19-28(39)29(40)37-35)46-33(44)38-18-17-23-13-11-12-14-24(23)21-38;1-2-39-28(37)30-17-22(30)12-6-4-3-5-7-13-24(31)27(36)34-19-23(16-25(34)26(35)32-30)40-29(38)33-15-14-20-10-8-9-11-21(20)18-33;/h9,11-15,25-28H,5-8,10,16-22H2,1-4H3,(H,36,43)(H,37,40);6,8-12,22-25H,2-5,7,13-19,31H2,1H3,(H,32,35);1H/b15-9-;12-6-;/t25-,26-,27+,28+,35-;22-,23-,24+,25+,30-;/m11./s1. The Hall–Kier alpha value is -7.20. The Balaban J connectivity index is 0.000000228. The number of nitrogens with one attached hydrogen (secondary N) is 3. The molecule has 5 N–H and O–H groups in total. The molecule has 0 aromatic heterocycles. The summed E-state index contributed by atoms with van der Waals surface area (Å²) in [6.07, 6.45) is 14.9. The molecule has 480 valence electrons. The lowest BCUT2D eigenvalue weighted by Gasteiger charge is -2.30. The number of alkyl carbamates (subject to hydrolysis) is 1. The Labute approximate surface area is 522 Å². The van der Waals surface area contributed by atoms with E-state index in [-0.39, 0.29) is 69.3 Å². The van der Waals surface area contributed by atoms with Crippen LogP contribution in [0.3, 0.4) is 0 Å². The summed E-state index contributed by atoms with van der Waals surface area (Å²) in [6.45, 7) is 11.0. The van der Waals surface area contributed by atoms with Crippen molar-refractivity contribution in [2.24, 2.45) is 17.6 Å². The summed E-state index contributed by atoms with van der Waals surface area (Å²) >= 11 is 0. The molecule has 0 radical (unpaired) electrons. The molecule has 7 amide bonds. The molecule has 10 rings (SSSR count). The number of rotatable bonds is 7. The predicted octanol–water partition coefficient (Wildman–Crippen LogP) is 6.86. The molecule has 8 aliphatic rings. The Kier molecular flexibility index (Phi) is 22.3. The van der Waals surface area contributed by atoms with Gasteiger partial charge >= 0.3 is 30.2 Å². The topological polar surface area (TPSA) is 275 Å². The van der Waals surface area contributed by atoms with E-state index in [0.717, 1.165) is 62.5 Å². The fourth-order valence-electron chi connectivity index (χ4n) is 12.9. The predicted molar refractivity (Wildman–Crippen MR) is 326 cm³/mol. The molecule has 2 aromatic carbocycles. The molecule has 2 aliphatic carbocycles. The smallest absolute Gasteiger partial charge is 0.410 e. The summed E-state index contributed by atoms with van der Waals surface area (Å²) < 4.78 is 27.9. The highest BCUT2D eigenvalue weighted by Gasteiger charge is 2.63. The van der Waals surface area contributed by atoms with Gasteiger partial charge in [0.25, 0.3) is 0 Å². The number of carbonyl (C=O) groups excluding carboxylic acids is 9. The van der Waals surface area contributed by atoms with Gasteiger partial charge in [-0.1, -0.05) is 98.5 Å². The first-order valence-corrected chi connectivity index (χ1v) is 31.4. The number of esters is 2. The molecule has 6 heterocycles. The number of carbonyl (C=O) groups is 9. The van der Waals surface area contributed by atoms with Crippen molar-refractivity contribution in [3.8, 4) is 0 Å². The average Bonchev–Trinajstić information content (AvgIpc) is 2.09. The number of halogens is 1. The lowest BCUT2D eigenvalue weighted by molar-refractivity contribution is -0.150. The normalized spacial score (nSPS) is 29.6. The van der Waals surface area contributed by atoms with Crippen LogP contribution in [0.15, 0.2) is 72.8 Å². The van der Waals surface area contributed by atoms with Crippen LogP contribution < -0.4 is 21.7 Å². The largest absolute Gasteiger partial charge is 0.464 e. The van der Waals surface area contributed by atoms with E-state index in [9.17, 15) is 43.2 Å². The van der Waals surface area contributed by atoms with Crippen molar-refractivity contribution in [2.75, 3.05) is 39.4 Å². The van der Waals surface area contributed by atoms with Crippen LogP contribution in [0.4, 0.5) is 14.4 Å². The van der Waals surface area contributed by atoms with Crippen LogP contribution in [0.1, 0.15) is 147 Å². The van der Waals surface area contributed by atoms with Gasteiger partial charge in [-0.2, -0.15) is 0 Å². The molecule has 4 fully saturated rings. The zero-order chi connectivity index (χ0) is 62.0. The van der Waals surface area contributed by atoms with Gasteiger partial charge in [0.15, 0.2) is 0 Å². The van der Waals surface area contributed by atoms with Crippen molar-refractivity contribution in [1.82, 2.24) is 35.6 Å². The van der Waals surface area contributed by atoms with Gasteiger partial charge in [-0.3, -0.25) is 19.2 Å². The van der Waals surface area contributed by atoms with Gasteiger partial charge in [0, 0.05) is 50.9 Å². The molecule has 6 aliphatic heterocycles. The van der Waals surface area contributed by atoms with Crippen molar-refractivity contribution < 1.29 is 66.8 Å². The number of hydrogen-bond donors (Lipinski definition) is 4. The van der Waals surface area contributed by atoms with Gasteiger partial charge in [0.2, 0.25) is 23.6 Å². The maximum atomic E-state index is 14.2. The van der Waals surface area contributed by atoms with Crippen molar-refractivity contribution in [2.45, 2.75) is 203 Å². The summed E-state index contributed by atoms with van der Waals surface area (Å²) in [7, 11) is 0. The second-order valence-electron chi connectivity index (χ2n) is 25.3. The molecule has 2 saturated heterocycles. The zero-order valence-electron chi connectivity index (χ0n) is 51.5. The Morgan fingerprint density at radius 3 is 1.52 bits per heavy atom. The quantitative estimate of drug-likeness (QED) is 0.125. The number of fused-ring (bicyclic) bond motifs is 6. The summed E-state index contributed by atoms with van der Waals surface area (Å²) in [5.41, 5.74) is 7.71. The van der Waals surface area contributed by atoms with Crippen molar-refractivity contribution in [3.05, 3.63) is 95.1 Å². The van der Waals surface area contributed by atoms with E-state index < -0.39 is 101 Å². The summed E-state index contributed by atoms with van der Waals surface area (Å²) in [5, 5.41) is 8.59. The number of nitrogens with two attached hydrogens (primary N) is 1. The number of ether oxygens (including phenoxy) is 5. The molecular weight excluding hydrogens is 1150 g/mol. The molecule has 10 atom stereocenters. The second-order valence-corrected chi connectivity index (χ2v) is 25.3. The summed E-state index contributed by atoms with van der Waals surface area (Å²) in [5.74, 6) is -3.15. The minimum Gasteiger partial charge on any atom is -0.464 e. The molecule has 2 aromatic rings. The molecule has 22 nitrogen and oxygen atoms in total. The van der Waals surface area contributed by atoms with Gasteiger partial charge in [-0.15, -0.1) is 12.4 Å². The zero-order valence-corrected chi connectivity index (χ0v) is 52.3. The number of nitrogens with zero attached hydrogens (tertiary/aromatic N) is 4. The van der Waals surface area contributed by atoms with E-state index in [1.54, 1.807) is 44.4 Å². The van der Waals surface area contributed by atoms with Gasteiger partial charge < -0.3 is 65.0 Å². The summed E-state index contributed by atoms with van der Waals surface area (Å²) in [4.78, 5) is 127. The maximum Gasteiger partial charge on any atom is 0.410 e. The third kappa shape index (κ3) is 16.2. The first kappa shape index (κ1) is 66.7. The molecule has 0 unspecified atom stereocenters. The molecule has 88 heavy (non-hydrogen) atoms. The minimum atomic E-state index is -1.22. The van der Waals surface area contributed by atoms with E-state index >= 15 is 0 Å². The number of allylic oxidation sites excluding steroid dienone is 2. The van der Waals surface area contributed by atoms with E-state index in [4.69, 9.17) is 29.4 Å². The van der Waals surface area contributed by atoms with Crippen LogP contribution in [0.2, 0.25) is 0 Å². The Bertz CT molecular complexity index is 2950. The first-order valence-electron chi connectivity index (χ1n) is 31.4. The van der Waals surface area contributed by atoms with Crippen LogP contribution >= 0.6 is 12.4 Å². The lowest BCUT2D eigenvalue weighted by atomic mass is 10.0. The summed E-state index contributed by atoms with van der Waals surface area (Å²) in [6, 6.07) is 12.3. The first-order chi connectivity index (χ1) is 41.7. The van der Waals surface area contributed by atoms with Crippen molar-refractivity contribution in [3.63, 3.8) is 0 Å². The lowest BCUT2D eigenvalue weighted by Crippen LogP contribution is -2.56. The molecule has 23 heteroatoms. The van der Waals surface area contributed by atoms with Crippen LogP contribution in [0.5, 0.6) is 0 Å². The van der Waals surface area contributed by atoms with Gasteiger partial charge in [0.05, 0.1) is 32.3 Å². The van der Waals surface area contributed by atoms with E-state index in [1.807, 2.05) is 54.6 Å². The highest BCUT2D eigenvalue weighted by molar-refractivity contribution is 5.98. The molecule has 0 bridgehead atoms. The van der Waals surface area contributed by atoms with Gasteiger partial charge in [-0.05, 0) is 121 Å². The highest BCUT2D eigenvalue weighted by atomic mass is 35.5. The van der Waals surface area contributed by atoms with Gasteiger partial charge in [-0.25, -0.2) is 24.0 Å². The number of benzene rings is 2. The van der Waals surface area contributed by atoms with Crippen LogP contribution in [-0.4, -0.2) is 166 Å². The second kappa shape index (κ2) is 29.4. The Morgan fingerprint density at radius 2 is 1.07 bits per heavy atom. The van der Waals surface area contributed by atoms with E-state index in [2.05, 4.69) is 34.2 Å². The van der Waals surface area contributed by atoms with Crippen LogP contribution in [-0.2, 0) is 78.4 Å². The maximum absolute atomic E-state index is 14.2. The van der Waals surface area contributed by atoms with E-state index in [0.29, 0.717) is 64.7 Å². The number of amides is 7. The average molecular weight is 1240 g/mol. The third-order valence-electron chi connectivity index (χ3n) is 17.8. The molecule has 2 saturated carbocycles. The fraction of sp³-hybridized carbons (Fsp3) is 0.615.